The van der Waals surface area contributed by atoms with E-state index in [2.05, 4.69) is 11.4 Å². The molecule has 0 fully saturated rings. The first-order chi connectivity index (χ1) is 9.56. The summed E-state index contributed by atoms with van der Waals surface area (Å²) in [5.41, 5.74) is 8.16. The van der Waals surface area contributed by atoms with Crippen LogP contribution in [0.3, 0.4) is 0 Å². The van der Waals surface area contributed by atoms with Crippen LogP contribution in [0.15, 0.2) is 42.5 Å². The molecule has 3 nitrogen and oxygen atoms in total. The number of hydrogen-bond donors (Lipinski definition) is 2. The third-order valence-corrected chi connectivity index (χ3v) is 3.04. The van der Waals surface area contributed by atoms with E-state index in [-0.39, 0.29) is 11.6 Å². The number of nitrogens with two attached hydrogens (primary N) is 1. The zero-order valence-corrected chi connectivity index (χ0v) is 11.3. The maximum absolute atomic E-state index is 13.0. The molecule has 2 aromatic rings. The lowest BCUT2D eigenvalue weighted by Crippen LogP contribution is -2.25. The molecule has 2 rings (SSSR count). The molecule has 2 aromatic carbocycles. The topological polar surface area (TPSA) is 55.1 Å². The highest BCUT2D eigenvalue weighted by Crippen LogP contribution is 2.12. The summed E-state index contributed by atoms with van der Waals surface area (Å²) in [6.45, 7) is 2.56. The van der Waals surface area contributed by atoms with Gasteiger partial charge in [-0.05, 0) is 37.1 Å². The van der Waals surface area contributed by atoms with Gasteiger partial charge in [-0.15, -0.1) is 0 Å². The van der Waals surface area contributed by atoms with E-state index >= 15 is 0 Å². The number of halogens is 1. The van der Waals surface area contributed by atoms with Gasteiger partial charge in [0, 0.05) is 12.1 Å². The predicted molar refractivity (Wildman–Crippen MR) is 78.0 cm³/mol. The molecule has 0 aliphatic carbocycles. The summed E-state index contributed by atoms with van der Waals surface area (Å²) < 4.78 is 13.0. The van der Waals surface area contributed by atoms with Gasteiger partial charge in [-0.2, -0.15) is 0 Å². The van der Waals surface area contributed by atoms with Crippen molar-refractivity contribution in [2.24, 2.45) is 0 Å². The van der Waals surface area contributed by atoms with E-state index in [1.165, 1.54) is 29.3 Å². The Balaban J connectivity index is 1.90. The molecule has 0 saturated carbocycles. The molecule has 0 aliphatic heterocycles. The van der Waals surface area contributed by atoms with Gasteiger partial charge in [0.15, 0.2) is 0 Å². The van der Waals surface area contributed by atoms with Gasteiger partial charge in [0.1, 0.15) is 5.82 Å². The maximum atomic E-state index is 13.0. The van der Waals surface area contributed by atoms with Gasteiger partial charge in [-0.1, -0.05) is 29.8 Å². The van der Waals surface area contributed by atoms with Crippen molar-refractivity contribution in [2.75, 3.05) is 12.3 Å². The zero-order valence-electron chi connectivity index (χ0n) is 11.3. The smallest absolute Gasteiger partial charge is 0.251 e. The third kappa shape index (κ3) is 3.57. The van der Waals surface area contributed by atoms with Gasteiger partial charge in [-0.3, -0.25) is 4.79 Å². The average Bonchev–Trinajstić information content (AvgIpc) is 2.42. The van der Waals surface area contributed by atoms with Gasteiger partial charge in [0.2, 0.25) is 0 Å². The van der Waals surface area contributed by atoms with Crippen molar-refractivity contribution in [1.29, 1.82) is 0 Å². The Kier molecular flexibility index (Phi) is 4.35. The molecular weight excluding hydrogens is 255 g/mol. The number of carbonyl (C=O) groups is 1. The minimum atomic E-state index is -0.513. The minimum Gasteiger partial charge on any atom is -0.396 e. The van der Waals surface area contributed by atoms with Crippen LogP contribution in [-0.2, 0) is 6.42 Å². The number of hydrogen-bond acceptors (Lipinski definition) is 2. The summed E-state index contributed by atoms with van der Waals surface area (Å²) in [5.74, 6) is -0.759. The van der Waals surface area contributed by atoms with Gasteiger partial charge in [0.25, 0.3) is 5.91 Å². The third-order valence-electron chi connectivity index (χ3n) is 3.04. The molecule has 3 N–H and O–H groups in total. The summed E-state index contributed by atoms with van der Waals surface area (Å²) >= 11 is 0. The molecular formula is C16H17FN2O. The number of nitrogen functional groups attached to an aromatic ring is 1. The lowest BCUT2D eigenvalue weighted by Gasteiger charge is -2.07. The molecule has 104 valence electrons. The van der Waals surface area contributed by atoms with Crippen molar-refractivity contribution in [3.05, 3.63) is 65.0 Å². The summed E-state index contributed by atoms with van der Waals surface area (Å²) in [7, 11) is 0. The fourth-order valence-electron chi connectivity index (χ4n) is 1.98. The molecule has 0 aliphatic rings. The molecule has 20 heavy (non-hydrogen) atoms. The van der Waals surface area contributed by atoms with Crippen LogP contribution < -0.4 is 11.1 Å². The Bertz CT molecular complexity index is 626. The molecule has 0 aromatic heterocycles. The number of rotatable bonds is 4. The quantitative estimate of drug-likeness (QED) is 0.841. The standard InChI is InChI=1S/C16H17FN2O/c1-11-3-2-4-12(9-11)7-8-19-16(20)13-5-6-14(17)15(18)10-13/h2-6,9-10H,7-8,18H2,1H3,(H,19,20). The molecule has 0 atom stereocenters. The first kappa shape index (κ1) is 14.1. The highest BCUT2D eigenvalue weighted by Gasteiger charge is 2.07. The summed E-state index contributed by atoms with van der Waals surface area (Å²) in [5, 5.41) is 2.80. The second-order valence-electron chi connectivity index (χ2n) is 4.73. The minimum absolute atomic E-state index is 0.0173. The fourth-order valence-corrected chi connectivity index (χ4v) is 1.98. The summed E-state index contributed by atoms with van der Waals surface area (Å²) in [6.07, 6.45) is 0.754. The van der Waals surface area contributed by atoms with E-state index in [0.717, 1.165) is 6.42 Å². The second kappa shape index (κ2) is 6.19. The highest BCUT2D eigenvalue weighted by atomic mass is 19.1. The Morgan fingerprint density at radius 3 is 2.75 bits per heavy atom. The molecule has 0 radical (unpaired) electrons. The Hall–Kier alpha value is -2.36. The zero-order chi connectivity index (χ0) is 14.5. The van der Waals surface area contributed by atoms with Gasteiger partial charge < -0.3 is 11.1 Å². The van der Waals surface area contributed by atoms with Gasteiger partial charge in [0.05, 0.1) is 5.69 Å². The SMILES string of the molecule is Cc1cccc(CCNC(=O)c2ccc(F)c(N)c2)c1. The number of benzene rings is 2. The number of amides is 1. The molecule has 0 unspecified atom stereocenters. The fraction of sp³-hybridized carbons (Fsp3) is 0.188. The van der Waals surface area contributed by atoms with Crippen molar-refractivity contribution in [3.63, 3.8) is 0 Å². The van der Waals surface area contributed by atoms with E-state index in [9.17, 15) is 9.18 Å². The molecule has 0 saturated heterocycles. The van der Waals surface area contributed by atoms with Crippen LogP contribution in [0.25, 0.3) is 0 Å². The molecule has 0 spiro atoms. The number of anilines is 1. The number of nitrogens with one attached hydrogen (secondary N) is 1. The van der Waals surface area contributed by atoms with Crippen LogP contribution in [0.1, 0.15) is 21.5 Å². The highest BCUT2D eigenvalue weighted by molar-refractivity contribution is 5.95. The molecule has 1 amide bonds. The van der Waals surface area contributed by atoms with Gasteiger partial charge in [-0.25, -0.2) is 4.39 Å². The Labute approximate surface area is 117 Å². The predicted octanol–water partition coefficient (Wildman–Crippen LogP) is 2.69. The van der Waals surface area contributed by atoms with Crippen molar-refractivity contribution < 1.29 is 9.18 Å². The van der Waals surface area contributed by atoms with Crippen LogP contribution >= 0.6 is 0 Å². The summed E-state index contributed by atoms with van der Waals surface area (Å²) in [4.78, 5) is 11.9. The van der Waals surface area contributed by atoms with E-state index in [0.29, 0.717) is 12.1 Å². The van der Waals surface area contributed by atoms with E-state index in [1.807, 2.05) is 25.1 Å². The number of carbonyl (C=O) groups excluding carboxylic acids is 1. The van der Waals surface area contributed by atoms with E-state index in [1.54, 1.807) is 0 Å². The van der Waals surface area contributed by atoms with Crippen molar-refractivity contribution in [3.8, 4) is 0 Å². The van der Waals surface area contributed by atoms with Crippen molar-refractivity contribution >= 4 is 11.6 Å². The van der Waals surface area contributed by atoms with Crippen LogP contribution in [0.5, 0.6) is 0 Å². The lowest BCUT2D eigenvalue weighted by molar-refractivity contribution is 0.0954. The normalized spacial score (nSPS) is 10.3. The second-order valence-corrected chi connectivity index (χ2v) is 4.73. The lowest BCUT2D eigenvalue weighted by atomic mass is 10.1. The summed E-state index contributed by atoms with van der Waals surface area (Å²) in [6, 6.07) is 12.1. The number of aryl methyl sites for hydroxylation is 1. The molecule has 0 heterocycles. The largest absolute Gasteiger partial charge is 0.396 e. The van der Waals surface area contributed by atoms with Gasteiger partial charge >= 0.3 is 0 Å². The monoisotopic (exact) mass is 272 g/mol. The van der Waals surface area contributed by atoms with Crippen molar-refractivity contribution in [2.45, 2.75) is 13.3 Å². The van der Waals surface area contributed by atoms with Crippen molar-refractivity contribution in [1.82, 2.24) is 5.32 Å². The Morgan fingerprint density at radius 2 is 2.05 bits per heavy atom. The van der Waals surface area contributed by atoms with Crippen LogP contribution in [0.2, 0.25) is 0 Å². The van der Waals surface area contributed by atoms with Crippen LogP contribution in [-0.4, -0.2) is 12.5 Å². The first-order valence-corrected chi connectivity index (χ1v) is 6.45. The molecule has 0 bridgehead atoms. The van der Waals surface area contributed by atoms with E-state index in [4.69, 9.17) is 5.73 Å². The first-order valence-electron chi connectivity index (χ1n) is 6.45. The van der Waals surface area contributed by atoms with Crippen LogP contribution in [0, 0.1) is 12.7 Å². The molecule has 4 heteroatoms. The van der Waals surface area contributed by atoms with E-state index < -0.39 is 5.82 Å². The van der Waals surface area contributed by atoms with Crippen LogP contribution in [0.4, 0.5) is 10.1 Å². The average molecular weight is 272 g/mol. The Morgan fingerprint density at radius 1 is 1.25 bits per heavy atom. The maximum Gasteiger partial charge on any atom is 0.251 e.